The molecule has 0 amide bonds. The molecule has 0 saturated heterocycles. The second-order valence-corrected chi connectivity index (χ2v) is 16.1. The van der Waals surface area contributed by atoms with Gasteiger partial charge in [-0.05, 0) is 66.7 Å². The van der Waals surface area contributed by atoms with E-state index in [9.17, 15) is 0 Å². The van der Waals surface area contributed by atoms with Crippen molar-refractivity contribution in [1.82, 2.24) is 17.9 Å². The van der Waals surface area contributed by atoms with Crippen LogP contribution in [0.15, 0.2) is 182 Å². The Morgan fingerprint density at radius 1 is 0.224 bits per heavy atom. The Hall–Kier alpha value is -7.82. The minimum absolute atomic E-state index is 1.17. The Kier molecular flexibility index (Phi) is 5.14. The standard InChI is InChI=1S/C54H30N4/c1-3-13-31(14-4-1)55-45-24-10-8-18-39(45)51-46(55)26-25-38-34-19-11-21-36-41-27-40-35-20-12-22-37-43-29-47-42(33-17-7-9-23-44(33)56(47)32-15-5-2-6-16-32)28-48(43)57(52(35)37)49(40)30-50(41)58(53(34)36)54(38)51/h1-30H. The van der Waals surface area contributed by atoms with Gasteiger partial charge in [0.1, 0.15) is 0 Å². The molecule has 0 fully saturated rings. The van der Waals surface area contributed by atoms with Gasteiger partial charge in [-0.2, -0.15) is 0 Å². The van der Waals surface area contributed by atoms with E-state index in [4.69, 9.17) is 0 Å². The lowest BCUT2D eigenvalue weighted by molar-refractivity contribution is 1.18. The molecule has 0 bridgehead atoms. The Morgan fingerprint density at radius 3 is 1.36 bits per heavy atom. The molecule has 0 aliphatic carbocycles. The number of hydrogen-bond acceptors (Lipinski definition) is 0. The highest BCUT2D eigenvalue weighted by atomic mass is 15.0. The highest BCUT2D eigenvalue weighted by molar-refractivity contribution is 6.33. The summed E-state index contributed by atoms with van der Waals surface area (Å²) in [5, 5.41) is 15.5. The van der Waals surface area contributed by atoms with E-state index >= 15 is 0 Å². The van der Waals surface area contributed by atoms with Crippen molar-refractivity contribution in [2.75, 3.05) is 0 Å². The van der Waals surface area contributed by atoms with Gasteiger partial charge in [0.2, 0.25) is 0 Å². The number of nitrogens with zero attached hydrogens (tertiary/aromatic N) is 4. The minimum atomic E-state index is 1.17. The first-order valence-corrected chi connectivity index (χ1v) is 20.1. The molecule has 0 spiro atoms. The molecule has 0 saturated carbocycles. The smallest absolute Gasteiger partial charge is 0.0641 e. The van der Waals surface area contributed by atoms with E-state index in [2.05, 4.69) is 200 Å². The van der Waals surface area contributed by atoms with Crippen LogP contribution in [0.5, 0.6) is 0 Å². The molecular weight excluding hydrogens is 705 g/mol. The maximum atomic E-state index is 2.59. The zero-order valence-electron chi connectivity index (χ0n) is 31.1. The zero-order valence-corrected chi connectivity index (χ0v) is 31.1. The van der Waals surface area contributed by atoms with E-state index < -0.39 is 0 Å². The number of fused-ring (bicyclic) bond motifs is 19. The van der Waals surface area contributed by atoms with Crippen molar-refractivity contribution < 1.29 is 0 Å². The molecule has 9 aromatic carbocycles. The van der Waals surface area contributed by atoms with Gasteiger partial charge in [-0.25, -0.2) is 0 Å². The monoisotopic (exact) mass is 734 g/mol. The number of rotatable bonds is 2. The lowest BCUT2D eigenvalue weighted by Gasteiger charge is -2.08. The lowest BCUT2D eigenvalue weighted by atomic mass is 10.0. The average molecular weight is 735 g/mol. The molecule has 6 aromatic heterocycles. The summed E-state index contributed by atoms with van der Waals surface area (Å²) in [4.78, 5) is 0. The van der Waals surface area contributed by atoms with Crippen LogP contribution in [0.25, 0.3) is 131 Å². The zero-order chi connectivity index (χ0) is 37.4. The maximum absolute atomic E-state index is 2.59. The van der Waals surface area contributed by atoms with Gasteiger partial charge >= 0.3 is 0 Å². The fraction of sp³-hybridized carbons (Fsp3) is 0. The van der Waals surface area contributed by atoms with Crippen LogP contribution in [0.2, 0.25) is 0 Å². The van der Waals surface area contributed by atoms with Crippen molar-refractivity contribution >= 4 is 120 Å². The third-order valence-corrected chi connectivity index (χ3v) is 13.4. The van der Waals surface area contributed by atoms with Crippen molar-refractivity contribution in [3.8, 4) is 11.4 Å². The summed E-state index contributed by atoms with van der Waals surface area (Å²) in [5.41, 5.74) is 14.8. The Labute approximate surface area is 329 Å². The highest BCUT2D eigenvalue weighted by Crippen LogP contribution is 2.48. The van der Waals surface area contributed by atoms with E-state index in [0.29, 0.717) is 0 Å². The molecule has 0 radical (unpaired) electrons. The summed E-state index contributed by atoms with van der Waals surface area (Å²) in [6.07, 6.45) is 0. The van der Waals surface area contributed by atoms with Gasteiger partial charge in [-0.3, -0.25) is 0 Å². The van der Waals surface area contributed by atoms with Crippen LogP contribution in [-0.2, 0) is 0 Å². The molecule has 15 rings (SSSR count). The SMILES string of the molecule is c1ccc(-n2c3ccccc3c3cc4c(cc32)c2cccc3c5cc6c7cccc8c9ccc%10c(c%11ccccc%11n%10-c%10ccccc%10)c9n(c6cc5n4c23)c78)cc1. The fourth-order valence-electron chi connectivity index (χ4n) is 11.1. The van der Waals surface area contributed by atoms with Crippen molar-refractivity contribution in [2.24, 2.45) is 0 Å². The topological polar surface area (TPSA) is 18.7 Å². The summed E-state index contributed by atoms with van der Waals surface area (Å²) >= 11 is 0. The molecule has 58 heavy (non-hydrogen) atoms. The summed E-state index contributed by atoms with van der Waals surface area (Å²) in [7, 11) is 0. The lowest BCUT2D eigenvalue weighted by Crippen LogP contribution is -1.93. The van der Waals surface area contributed by atoms with Gasteiger partial charge in [0.05, 0.1) is 55.2 Å². The fourth-order valence-corrected chi connectivity index (χ4v) is 11.1. The quantitative estimate of drug-likeness (QED) is 0.168. The number of hydrogen-bond donors (Lipinski definition) is 0. The summed E-state index contributed by atoms with van der Waals surface area (Å²) < 4.78 is 10.0. The number of para-hydroxylation sites is 6. The predicted molar refractivity (Wildman–Crippen MR) is 244 cm³/mol. The van der Waals surface area contributed by atoms with Crippen molar-refractivity contribution in [3.63, 3.8) is 0 Å². The van der Waals surface area contributed by atoms with Gasteiger partial charge in [0, 0.05) is 76.0 Å². The molecule has 0 aliphatic rings. The first kappa shape index (κ1) is 29.5. The van der Waals surface area contributed by atoms with Crippen LogP contribution >= 0.6 is 0 Å². The van der Waals surface area contributed by atoms with Crippen LogP contribution in [0.3, 0.4) is 0 Å². The number of aromatic nitrogens is 4. The highest BCUT2D eigenvalue weighted by Gasteiger charge is 2.25. The van der Waals surface area contributed by atoms with Crippen molar-refractivity contribution in [2.45, 2.75) is 0 Å². The van der Waals surface area contributed by atoms with Crippen LogP contribution in [0, 0.1) is 0 Å². The molecule has 4 heteroatoms. The second kappa shape index (κ2) is 10.1. The van der Waals surface area contributed by atoms with E-state index in [-0.39, 0.29) is 0 Å². The second-order valence-electron chi connectivity index (χ2n) is 16.1. The van der Waals surface area contributed by atoms with Gasteiger partial charge in [-0.1, -0.05) is 115 Å². The molecule has 6 heterocycles. The molecule has 4 nitrogen and oxygen atoms in total. The minimum Gasteiger partial charge on any atom is -0.309 e. The van der Waals surface area contributed by atoms with Crippen LogP contribution in [-0.4, -0.2) is 17.9 Å². The first-order chi connectivity index (χ1) is 28.8. The summed E-state index contributed by atoms with van der Waals surface area (Å²) in [6, 6.07) is 67.7. The average Bonchev–Trinajstić information content (AvgIpc) is 4.11. The summed E-state index contributed by atoms with van der Waals surface area (Å²) in [5.74, 6) is 0. The normalized spacial score (nSPS) is 12.8. The van der Waals surface area contributed by atoms with Gasteiger partial charge in [0.15, 0.2) is 0 Å². The van der Waals surface area contributed by atoms with Crippen LogP contribution < -0.4 is 0 Å². The van der Waals surface area contributed by atoms with E-state index in [1.54, 1.807) is 0 Å². The first-order valence-electron chi connectivity index (χ1n) is 20.1. The van der Waals surface area contributed by atoms with Gasteiger partial charge in [0.25, 0.3) is 0 Å². The molecule has 266 valence electrons. The van der Waals surface area contributed by atoms with E-state index in [1.165, 1.54) is 131 Å². The summed E-state index contributed by atoms with van der Waals surface area (Å²) in [6.45, 7) is 0. The van der Waals surface area contributed by atoms with Gasteiger partial charge in [-0.15, -0.1) is 0 Å². The largest absolute Gasteiger partial charge is 0.309 e. The molecule has 0 unspecified atom stereocenters. The molecule has 0 atom stereocenters. The van der Waals surface area contributed by atoms with Crippen molar-refractivity contribution in [3.05, 3.63) is 182 Å². The van der Waals surface area contributed by atoms with Crippen molar-refractivity contribution in [1.29, 1.82) is 0 Å². The van der Waals surface area contributed by atoms with Gasteiger partial charge < -0.3 is 17.9 Å². The molecular formula is C54H30N4. The Bertz CT molecular complexity index is 4230. The van der Waals surface area contributed by atoms with E-state index in [0.717, 1.165) is 0 Å². The molecule has 0 aliphatic heterocycles. The predicted octanol–water partition coefficient (Wildman–Crippen LogP) is 14.2. The number of benzene rings is 9. The van der Waals surface area contributed by atoms with E-state index in [1.807, 2.05) is 0 Å². The van der Waals surface area contributed by atoms with Crippen LogP contribution in [0.1, 0.15) is 0 Å². The Morgan fingerprint density at radius 2 is 0.672 bits per heavy atom. The van der Waals surface area contributed by atoms with Crippen LogP contribution in [0.4, 0.5) is 0 Å². The Balaban J connectivity index is 1.13. The molecule has 0 N–H and O–H groups in total. The third-order valence-electron chi connectivity index (χ3n) is 13.4. The molecule has 15 aromatic rings. The third kappa shape index (κ3) is 3.34. The maximum Gasteiger partial charge on any atom is 0.0641 e.